The van der Waals surface area contributed by atoms with Crippen LogP contribution in [0.5, 0.6) is 0 Å². The highest BCUT2D eigenvalue weighted by molar-refractivity contribution is 7.81. The van der Waals surface area contributed by atoms with Gasteiger partial charge in [-0.15, -0.1) is 0 Å². The number of amides is 1. The number of aryl methyl sites for hydroxylation is 2. The number of thiol groups is 1. The molecule has 0 aliphatic heterocycles. The Labute approximate surface area is 103 Å². The second-order valence-electron chi connectivity index (χ2n) is 4.44. The summed E-state index contributed by atoms with van der Waals surface area (Å²) < 4.78 is 0. The Morgan fingerprint density at radius 1 is 1.25 bits per heavy atom. The van der Waals surface area contributed by atoms with Gasteiger partial charge in [-0.2, -0.15) is 12.6 Å². The fourth-order valence-corrected chi connectivity index (χ4v) is 1.58. The number of hydrogen-bond donors (Lipinski definition) is 2. The van der Waals surface area contributed by atoms with E-state index in [1.165, 1.54) is 0 Å². The van der Waals surface area contributed by atoms with E-state index in [9.17, 15) is 4.79 Å². The van der Waals surface area contributed by atoms with Crippen LogP contribution in [0.4, 0.5) is 5.69 Å². The fourth-order valence-electron chi connectivity index (χ4n) is 1.51. The van der Waals surface area contributed by atoms with Crippen LogP contribution in [0.1, 0.15) is 25.0 Å². The molecule has 0 saturated carbocycles. The zero-order chi connectivity index (χ0) is 12.3. The third kappa shape index (κ3) is 3.01. The monoisotopic (exact) mass is 237 g/mol. The Bertz CT molecular complexity index is 367. The summed E-state index contributed by atoms with van der Waals surface area (Å²) in [5, 5.41) is 2.68. The van der Waals surface area contributed by atoms with Crippen LogP contribution in [0, 0.1) is 19.8 Å². The predicted octanol–water partition coefficient (Wildman–Crippen LogP) is 3.20. The Morgan fingerprint density at radius 3 is 2.19 bits per heavy atom. The fraction of sp³-hybridized carbons (Fsp3) is 0.462. The van der Waals surface area contributed by atoms with Gasteiger partial charge in [0.2, 0.25) is 5.91 Å². The summed E-state index contributed by atoms with van der Waals surface area (Å²) in [7, 11) is 0. The molecule has 1 aromatic carbocycles. The molecule has 0 aliphatic carbocycles. The van der Waals surface area contributed by atoms with E-state index in [1.54, 1.807) is 0 Å². The topological polar surface area (TPSA) is 29.1 Å². The average molecular weight is 237 g/mol. The molecule has 0 radical (unpaired) electrons. The second kappa shape index (κ2) is 5.39. The van der Waals surface area contributed by atoms with Gasteiger partial charge >= 0.3 is 0 Å². The summed E-state index contributed by atoms with van der Waals surface area (Å²) in [4.78, 5) is 11.9. The molecule has 1 unspecified atom stereocenters. The Hall–Kier alpha value is -0.960. The molecule has 1 amide bonds. The van der Waals surface area contributed by atoms with E-state index in [0.29, 0.717) is 0 Å². The maximum atomic E-state index is 11.9. The predicted molar refractivity (Wildman–Crippen MR) is 72.2 cm³/mol. The standard InChI is InChI=1S/C13H19NOS/c1-8(2)12(16)13(15)14-11-9(3)6-5-7-10(11)4/h5-8,12,16H,1-4H3,(H,14,15). The Balaban J connectivity index is 2.85. The van der Waals surface area contributed by atoms with Gasteiger partial charge in [0.05, 0.1) is 5.25 Å². The summed E-state index contributed by atoms with van der Waals surface area (Å²) in [6.45, 7) is 7.96. The van der Waals surface area contributed by atoms with Gasteiger partial charge in [0.25, 0.3) is 0 Å². The molecule has 2 nitrogen and oxygen atoms in total. The van der Waals surface area contributed by atoms with Gasteiger partial charge in [0, 0.05) is 5.69 Å². The molecular weight excluding hydrogens is 218 g/mol. The van der Waals surface area contributed by atoms with E-state index >= 15 is 0 Å². The largest absolute Gasteiger partial charge is 0.325 e. The average Bonchev–Trinajstić information content (AvgIpc) is 2.22. The van der Waals surface area contributed by atoms with Gasteiger partial charge in [0.15, 0.2) is 0 Å². The van der Waals surface area contributed by atoms with Crippen LogP contribution >= 0.6 is 12.6 Å². The number of rotatable bonds is 3. The molecule has 1 aromatic rings. The van der Waals surface area contributed by atoms with E-state index < -0.39 is 0 Å². The van der Waals surface area contributed by atoms with Crippen LogP contribution in [-0.2, 0) is 4.79 Å². The van der Waals surface area contributed by atoms with Crippen molar-refractivity contribution in [1.82, 2.24) is 0 Å². The molecule has 1 N–H and O–H groups in total. The first-order valence-corrected chi connectivity index (χ1v) is 6.00. The molecule has 1 rings (SSSR count). The number of carbonyl (C=O) groups excluding carboxylic acids is 1. The van der Waals surface area contributed by atoms with Gasteiger partial charge < -0.3 is 5.32 Å². The molecule has 0 saturated heterocycles. The van der Waals surface area contributed by atoms with Crippen LogP contribution in [-0.4, -0.2) is 11.2 Å². The van der Waals surface area contributed by atoms with E-state index in [-0.39, 0.29) is 17.1 Å². The SMILES string of the molecule is Cc1cccc(C)c1NC(=O)C(S)C(C)C. The molecular formula is C13H19NOS. The van der Waals surface area contributed by atoms with Crippen LogP contribution in [0.2, 0.25) is 0 Å². The third-order valence-electron chi connectivity index (χ3n) is 2.63. The summed E-state index contributed by atoms with van der Waals surface area (Å²) in [5.41, 5.74) is 3.07. The highest BCUT2D eigenvalue weighted by atomic mass is 32.1. The van der Waals surface area contributed by atoms with Crippen molar-refractivity contribution in [3.63, 3.8) is 0 Å². The summed E-state index contributed by atoms with van der Waals surface area (Å²) in [6.07, 6.45) is 0. The molecule has 3 heteroatoms. The quantitative estimate of drug-likeness (QED) is 0.777. The lowest BCUT2D eigenvalue weighted by molar-refractivity contribution is -0.116. The lowest BCUT2D eigenvalue weighted by atomic mass is 10.1. The number of para-hydroxylation sites is 1. The van der Waals surface area contributed by atoms with Crippen LogP contribution < -0.4 is 5.32 Å². The summed E-state index contributed by atoms with van der Waals surface area (Å²) in [6, 6.07) is 5.97. The molecule has 1 atom stereocenters. The van der Waals surface area contributed by atoms with Gasteiger partial charge in [0.1, 0.15) is 0 Å². The number of anilines is 1. The highest BCUT2D eigenvalue weighted by Gasteiger charge is 2.18. The smallest absolute Gasteiger partial charge is 0.237 e. The summed E-state index contributed by atoms with van der Waals surface area (Å²) >= 11 is 4.31. The van der Waals surface area contributed by atoms with Crippen molar-refractivity contribution in [2.24, 2.45) is 5.92 Å². The Morgan fingerprint density at radius 2 is 1.75 bits per heavy atom. The van der Waals surface area contributed by atoms with E-state index in [4.69, 9.17) is 0 Å². The minimum atomic E-state index is -0.265. The second-order valence-corrected chi connectivity index (χ2v) is 5.00. The van der Waals surface area contributed by atoms with E-state index in [2.05, 4.69) is 17.9 Å². The third-order valence-corrected chi connectivity index (χ3v) is 3.46. The Kier molecular flexibility index (Phi) is 4.42. The van der Waals surface area contributed by atoms with Crippen LogP contribution in [0.25, 0.3) is 0 Å². The van der Waals surface area contributed by atoms with Crippen molar-refractivity contribution in [3.8, 4) is 0 Å². The molecule has 0 bridgehead atoms. The molecule has 16 heavy (non-hydrogen) atoms. The maximum Gasteiger partial charge on any atom is 0.237 e. The number of hydrogen-bond acceptors (Lipinski definition) is 2. The normalized spacial score (nSPS) is 12.6. The number of carbonyl (C=O) groups is 1. The van der Waals surface area contributed by atoms with E-state index in [0.717, 1.165) is 16.8 Å². The first kappa shape index (κ1) is 13.1. The van der Waals surface area contributed by atoms with Crippen molar-refractivity contribution in [3.05, 3.63) is 29.3 Å². The van der Waals surface area contributed by atoms with Gasteiger partial charge in [-0.25, -0.2) is 0 Å². The minimum absolute atomic E-state index is 0.0317. The molecule has 0 aliphatic rings. The lowest BCUT2D eigenvalue weighted by Gasteiger charge is -2.17. The molecule has 0 aromatic heterocycles. The van der Waals surface area contributed by atoms with Crippen molar-refractivity contribution >= 4 is 24.2 Å². The summed E-state index contributed by atoms with van der Waals surface area (Å²) in [5.74, 6) is 0.198. The number of benzene rings is 1. The molecule has 0 spiro atoms. The zero-order valence-corrected chi connectivity index (χ0v) is 11.1. The van der Waals surface area contributed by atoms with Crippen molar-refractivity contribution in [1.29, 1.82) is 0 Å². The minimum Gasteiger partial charge on any atom is -0.325 e. The van der Waals surface area contributed by atoms with Crippen LogP contribution in [0.15, 0.2) is 18.2 Å². The van der Waals surface area contributed by atoms with Crippen molar-refractivity contribution in [2.75, 3.05) is 5.32 Å². The first-order chi connectivity index (χ1) is 7.43. The highest BCUT2D eigenvalue weighted by Crippen LogP contribution is 2.21. The zero-order valence-electron chi connectivity index (χ0n) is 10.2. The van der Waals surface area contributed by atoms with Gasteiger partial charge in [-0.1, -0.05) is 32.0 Å². The van der Waals surface area contributed by atoms with Crippen molar-refractivity contribution in [2.45, 2.75) is 32.9 Å². The molecule has 88 valence electrons. The van der Waals surface area contributed by atoms with Crippen LogP contribution in [0.3, 0.4) is 0 Å². The maximum absolute atomic E-state index is 11.9. The van der Waals surface area contributed by atoms with Gasteiger partial charge in [-0.3, -0.25) is 4.79 Å². The molecule has 0 fully saturated rings. The first-order valence-electron chi connectivity index (χ1n) is 5.48. The number of nitrogens with one attached hydrogen (secondary N) is 1. The lowest BCUT2D eigenvalue weighted by Crippen LogP contribution is -2.28. The molecule has 0 heterocycles. The van der Waals surface area contributed by atoms with Crippen molar-refractivity contribution < 1.29 is 4.79 Å². The van der Waals surface area contributed by atoms with E-state index in [1.807, 2.05) is 45.9 Å². The van der Waals surface area contributed by atoms with Gasteiger partial charge in [-0.05, 0) is 30.9 Å².